The molecule has 2 aromatic rings. The number of imide groups is 1. The Hall–Kier alpha value is -3.12. The number of rotatable bonds is 6. The molecule has 2 atom stereocenters. The van der Waals surface area contributed by atoms with Crippen molar-refractivity contribution in [1.29, 1.82) is 0 Å². The highest BCUT2D eigenvalue weighted by atomic mass is 16.5. The van der Waals surface area contributed by atoms with Crippen LogP contribution in [0.4, 0.5) is 5.69 Å². The second kappa shape index (κ2) is 8.94. The van der Waals surface area contributed by atoms with Crippen molar-refractivity contribution in [2.75, 3.05) is 24.6 Å². The average Bonchev–Trinajstić information content (AvgIpc) is 3.02. The van der Waals surface area contributed by atoms with Crippen molar-refractivity contribution in [2.45, 2.75) is 39.4 Å². The molecule has 2 aliphatic heterocycles. The van der Waals surface area contributed by atoms with Gasteiger partial charge < -0.3 is 14.4 Å². The van der Waals surface area contributed by atoms with Gasteiger partial charge in [0, 0.05) is 13.1 Å². The van der Waals surface area contributed by atoms with Gasteiger partial charge in [-0.3, -0.25) is 9.59 Å². The summed E-state index contributed by atoms with van der Waals surface area (Å²) >= 11 is 0. The van der Waals surface area contributed by atoms with Gasteiger partial charge in [-0.2, -0.15) is 0 Å². The monoisotopic (exact) mass is 420 g/mol. The quantitative estimate of drug-likeness (QED) is 0.664. The van der Waals surface area contributed by atoms with Gasteiger partial charge in [-0.15, -0.1) is 0 Å². The number of nitrogens with zero attached hydrogens (tertiary/aromatic N) is 2. The molecule has 2 amide bonds. The van der Waals surface area contributed by atoms with Gasteiger partial charge in [0.05, 0.1) is 30.1 Å². The van der Waals surface area contributed by atoms with Crippen LogP contribution in [0.15, 0.2) is 60.3 Å². The molecule has 0 aliphatic carbocycles. The number of ether oxygens (including phenoxy) is 2. The molecule has 0 radical (unpaired) electrons. The molecule has 1 fully saturated rings. The molecule has 2 aliphatic rings. The normalized spacial score (nSPS) is 21.8. The second-order valence-corrected chi connectivity index (χ2v) is 8.01. The molecular weight excluding hydrogens is 392 g/mol. The Morgan fingerprint density at radius 2 is 1.58 bits per heavy atom. The fourth-order valence-electron chi connectivity index (χ4n) is 4.23. The topological polar surface area (TPSA) is 59.1 Å². The van der Waals surface area contributed by atoms with Crippen molar-refractivity contribution >= 4 is 23.1 Å². The maximum atomic E-state index is 13.7. The summed E-state index contributed by atoms with van der Waals surface area (Å²) in [6.07, 6.45) is 0.759. The van der Waals surface area contributed by atoms with Crippen LogP contribution in [-0.4, -0.2) is 48.6 Å². The SMILES string of the molecule is CCCOc1ccccc1N1C(=O)C(c2ccccc2)=C(N2CC(C)OC(C)C2)C1=O. The largest absolute Gasteiger partial charge is 0.491 e. The minimum Gasteiger partial charge on any atom is -0.491 e. The van der Waals surface area contributed by atoms with Gasteiger partial charge in [0.25, 0.3) is 11.8 Å². The molecule has 2 aromatic carbocycles. The molecule has 0 aromatic heterocycles. The van der Waals surface area contributed by atoms with Gasteiger partial charge >= 0.3 is 0 Å². The molecular formula is C25H28N2O4. The molecule has 0 saturated carbocycles. The molecule has 0 bridgehead atoms. The number of hydrogen-bond acceptors (Lipinski definition) is 5. The van der Waals surface area contributed by atoms with E-state index < -0.39 is 0 Å². The number of carbonyl (C=O) groups excluding carboxylic acids is 2. The Morgan fingerprint density at radius 1 is 0.935 bits per heavy atom. The first-order valence-corrected chi connectivity index (χ1v) is 10.8. The molecule has 162 valence electrons. The van der Waals surface area contributed by atoms with Gasteiger partial charge in [-0.25, -0.2) is 4.90 Å². The third kappa shape index (κ3) is 4.08. The lowest BCUT2D eigenvalue weighted by atomic mass is 10.0. The predicted molar refractivity (Wildman–Crippen MR) is 120 cm³/mol. The minimum atomic E-state index is -0.328. The van der Waals surface area contributed by atoms with Gasteiger partial charge in [0.2, 0.25) is 0 Å². The maximum Gasteiger partial charge on any atom is 0.282 e. The first kappa shape index (κ1) is 21.1. The van der Waals surface area contributed by atoms with Crippen LogP contribution in [0.25, 0.3) is 5.57 Å². The van der Waals surface area contributed by atoms with E-state index in [1.807, 2.05) is 68.1 Å². The minimum absolute atomic E-state index is 0.0367. The fraction of sp³-hybridized carbons (Fsp3) is 0.360. The zero-order valence-corrected chi connectivity index (χ0v) is 18.2. The van der Waals surface area contributed by atoms with Crippen LogP contribution < -0.4 is 9.64 Å². The molecule has 6 nitrogen and oxygen atoms in total. The molecule has 1 saturated heterocycles. The number of morpholine rings is 1. The zero-order valence-electron chi connectivity index (χ0n) is 18.2. The molecule has 31 heavy (non-hydrogen) atoms. The van der Waals surface area contributed by atoms with E-state index >= 15 is 0 Å². The number of benzene rings is 2. The van der Waals surface area contributed by atoms with Crippen LogP contribution in [0.3, 0.4) is 0 Å². The van der Waals surface area contributed by atoms with Crippen LogP contribution in [0.5, 0.6) is 5.75 Å². The Bertz CT molecular complexity index is 992. The number of carbonyl (C=O) groups is 2. The van der Waals surface area contributed by atoms with Gasteiger partial charge in [0.15, 0.2) is 0 Å². The Balaban J connectivity index is 1.80. The van der Waals surface area contributed by atoms with E-state index in [4.69, 9.17) is 9.47 Å². The van der Waals surface area contributed by atoms with E-state index in [1.54, 1.807) is 12.1 Å². The Labute approximate surface area is 183 Å². The van der Waals surface area contributed by atoms with E-state index in [1.165, 1.54) is 4.90 Å². The highest BCUT2D eigenvalue weighted by Crippen LogP contribution is 2.39. The smallest absolute Gasteiger partial charge is 0.282 e. The van der Waals surface area contributed by atoms with Crippen LogP contribution in [-0.2, 0) is 14.3 Å². The lowest BCUT2D eigenvalue weighted by Gasteiger charge is -2.37. The van der Waals surface area contributed by atoms with Crippen molar-refractivity contribution in [3.8, 4) is 5.75 Å². The van der Waals surface area contributed by atoms with E-state index in [9.17, 15) is 9.59 Å². The summed E-state index contributed by atoms with van der Waals surface area (Å²) < 4.78 is 11.7. The summed E-state index contributed by atoms with van der Waals surface area (Å²) in [7, 11) is 0. The van der Waals surface area contributed by atoms with Crippen molar-refractivity contribution in [3.63, 3.8) is 0 Å². The average molecular weight is 421 g/mol. The summed E-state index contributed by atoms with van der Waals surface area (Å²) in [5.74, 6) is -0.119. The van der Waals surface area contributed by atoms with Gasteiger partial charge in [0.1, 0.15) is 11.4 Å². The molecule has 2 heterocycles. The summed E-state index contributed by atoms with van der Waals surface area (Å²) in [5, 5.41) is 0. The Kier molecular flexibility index (Phi) is 6.09. The number of amides is 2. The van der Waals surface area contributed by atoms with Gasteiger partial charge in [-0.05, 0) is 38.0 Å². The van der Waals surface area contributed by atoms with Crippen LogP contribution in [0.2, 0.25) is 0 Å². The fourth-order valence-corrected chi connectivity index (χ4v) is 4.23. The van der Waals surface area contributed by atoms with E-state index in [-0.39, 0.29) is 24.0 Å². The first-order valence-electron chi connectivity index (χ1n) is 10.8. The molecule has 2 unspecified atom stereocenters. The lowest BCUT2D eigenvalue weighted by Crippen LogP contribution is -2.47. The highest BCUT2D eigenvalue weighted by molar-refractivity contribution is 6.45. The molecule has 0 N–H and O–H groups in total. The van der Waals surface area contributed by atoms with E-state index in [0.29, 0.717) is 42.4 Å². The third-order valence-electron chi connectivity index (χ3n) is 5.43. The van der Waals surface area contributed by atoms with Gasteiger partial charge in [-0.1, -0.05) is 49.4 Å². The van der Waals surface area contributed by atoms with E-state index in [0.717, 1.165) is 12.0 Å². The predicted octanol–water partition coefficient (Wildman–Crippen LogP) is 3.87. The summed E-state index contributed by atoms with van der Waals surface area (Å²) in [6, 6.07) is 16.6. The molecule has 4 rings (SSSR count). The van der Waals surface area contributed by atoms with Crippen LogP contribution in [0, 0.1) is 0 Å². The number of anilines is 1. The van der Waals surface area contributed by atoms with Crippen molar-refractivity contribution in [1.82, 2.24) is 4.90 Å². The molecule has 6 heteroatoms. The highest BCUT2D eigenvalue weighted by Gasteiger charge is 2.44. The van der Waals surface area contributed by atoms with Crippen molar-refractivity contribution in [2.24, 2.45) is 0 Å². The zero-order chi connectivity index (χ0) is 22.0. The third-order valence-corrected chi connectivity index (χ3v) is 5.43. The second-order valence-electron chi connectivity index (χ2n) is 8.01. The first-order chi connectivity index (χ1) is 15.0. The summed E-state index contributed by atoms with van der Waals surface area (Å²) in [5.41, 5.74) is 2.07. The number of para-hydroxylation sites is 2. The Morgan fingerprint density at radius 3 is 2.26 bits per heavy atom. The maximum absolute atomic E-state index is 13.7. The summed E-state index contributed by atoms with van der Waals surface area (Å²) in [4.78, 5) is 30.7. The van der Waals surface area contributed by atoms with Crippen molar-refractivity contribution < 1.29 is 19.1 Å². The standard InChI is InChI=1S/C25H28N2O4/c1-4-14-30-21-13-9-8-12-20(21)27-24(28)22(19-10-6-5-7-11-19)23(25(27)29)26-15-17(2)31-18(3)16-26/h5-13,17-18H,4,14-16H2,1-3H3. The van der Waals surface area contributed by atoms with Crippen molar-refractivity contribution in [3.05, 3.63) is 65.9 Å². The molecule has 0 spiro atoms. The van der Waals surface area contributed by atoms with Crippen LogP contribution >= 0.6 is 0 Å². The lowest BCUT2D eigenvalue weighted by molar-refractivity contribution is -0.121. The summed E-state index contributed by atoms with van der Waals surface area (Å²) in [6.45, 7) is 7.60. The number of hydrogen-bond donors (Lipinski definition) is 0. The van der Waals surface area contributed by atoms with Crippen LogP contribution in [0.1, 0.15) is 32.8 Å². The van der Waals surface area contributed by atoms with E-state index in [2.05, 4.69) is 0 Å².